The lowest BCUT2D eigenvalue weighted by Gasteiger charge is -2.27. The van der Waals surface area contributed by atoms with Crippen LogP contribution in [-0.2, 0) is 9.59 Å². The second-order valence-electron chi connectivity index (χ2n) is 8.15. The molecule has 3 rings (SSSR count). The second kappa shape index (κ2) is 11.0. The number of carbonyl (C=O) groups excluding carboxylic acids is 2. The maximum absolute atomic E-state index is 13.1. The second-order valence-corrected chi connectivity index (χ2v) is 8.15. The van der Waals surface area contributed by atoms with Crippen LogP contribution in [0.25, 0.3) is 5.76 Å². The highest BCUT2D eigenvalue weighted by Crippen LogP contribution is 2.42. The highest BCUT2D eigenvalue weighted by atomic mass is 16.5. The van der Waals surface area contributed by atoms with Crippen molar-refractivity contribution in [3.05, 3.63) is 65.2 Å². The van der Waals surface area contributed by atoms with Crippen molar-refractivity contribution in [3.63, 3.8) is 0 Å². The van der Waals surface area contributed by atoms with Crippen LogP contribution in [0.1, 0.15) is 37.4 Å². The Hall–Kier alpha value is -3.32. The minimum Gasteiger partial charge on any atom is -0.507 e. The molecule has 7 heteroatoms. The molecule has 0 aliphatic carbocycles. The molecule has 1 fully saturated rings. The van der Waals surface area contributed by atoms with Crippen LogP contribution in [0.15, 0.2) is 54.1 Å². The molecule has 0 saturated carbocycles. The van der Waals surface area contributed by atoms with Crippen molar-refractivity contribution in [1.29, 1.82) is 0 Å². The zero-order valence-electron chi connectivity index (χ0n) is 19.7. The molecule has 7 nitrogen and oxygen atoms in total. The minimum absolute atomic E-state index is 0.0784. The molecule has 0 spiro atoms. The fraction of sp³-hybridized carbons (Fsp3) is 0.385. The van der Waals surface area contributed by atoms with E-state index in [2.05, 4.69) is 0 Å². The van der Waals surface area contributed by atoms with Crippen LogP contribution in [0.5, 0.6) is 11.5 Å². The monoisotopic (exact) mass is 452 g/mol. The van der Waals surface area contributed by atoms with Gasteiger partial charge in [0.25, 0.3) is 11.7 Å². The van der Waals surface area contributed by atoms with Gasteiger partial charge in [0, 0.05) is 18.7 Å². The first-order chi connectivity index (χ1) is 15.9. The van der Waals surface area contributed by atoms with Crippen LogP contribution < -0.4 is 9.47 Å². The third-order valence-electron chi connectivity index (χ3n) is 5.42. The smallest absolute Gasteiger partial charge is 0.295 e. The highest BCUT2D eigenvalue weighted by Gasteiger charge is 2.46. The normalized spacial score (nSPS) is 17.6. The van der Waals surface area contributed by atoms with Crippen LogP contribution in [0.4, 0.5) is 0 Å². The number of ether oxygens (including phenoxy) is 2. The standard InChI is InChI=1S/C26H32N2O5/c1-5-16-33-20-13-12-19(17-21(20)32-6-2)23-22(24(29)18-10-8-7-9-11-18)25(30)26(31)28(23)15-14-27(3)4/h7-13,17,23,29H,5-6,14-16H2,1-4H3. The first kappa shape index (κ1) is 24.3. The third kappa shape index (κ3) is 5.37. The summed E-state index contributed by atoms with van der Waals surface area (Å²) < 4.78 is 11.6. The topological polar surface area (TPSA) is 79.3 Å². The Kier molecular flexibility index (Phi) is 8.11. The molecule has 0 aromatic heterocycles. The minimum atomic E-state index is -0.732. The van der Waals surface area contributed by atoms with Gasteiger partial charge in [0.15, 0.2) is 11.5 Å². The van der Waals surface area contributed by atoms with Crippen LogP contribution in [0.2, 0.25) is 0 Å². The molecule has 1 aliphatic heterocycles. The molecule has 1 amide bonds. The fourth-order valence-corrected chi connectivity index (χ4v) is 3.81. The molecular weight excluding hydrogens is 420 g/mol. The molecule has 1 atom stereocenters. The first-order valence-electron chi connectivity index (χ1n) is 11.3. The van der Waals surface area contributed by atoms with E-state index in [1.165, 1.54) is 4.90 Å². The number of aliphatic hydroxyl groups is 1. The SMILES string of the molecule is CCCOc1ccc(C2C(=C(O)c3ccccc3)C(=O)C(=O)N2CCN(C)C)cc1OCC. The van der Waals surface area contributed by atoms with Crippen LogP contribution in [0, 0.1) is 0 Å². The van der Waals surface area contributed by atoms with Crippen molar-refractivity contribution in [2.75, 3.05) is 40.4 Å². The van der Waals surface area contributed by atoms with Crippen molar-refractivity contribution in [2.45, 2.75) is 26.3 Å². The number of hydrogen-bond donors (Lipinski definition) is 1. The largest absolute Gasteiger partial charge is 0.507 e. The molecule has 1 aliphatic rings. The van der Waals surface area contributed by atoms with E-state index in [0.29, 0.717) is 48.9 Å². The molecule has 1 unspecified atom stereocenters. The van der Waals surface area contributed by atoms with Crippen molar-refractivity contribution in [1.82, 2.24) is 9.80 Å². The number of amides is 1. The van der Waals surface area contributed by atoms with E-state index in [0.717, 1.165) is 6.42 Å². The molecule has 176 valence electrons. The summed E-state index contributed by atoms with van der Waals surface area (Å²) in [5.74, 6) is -0.347. The molecular formula is C26H32N2O5. The summed E-state index contributed by atoms with van der Waals surface area (Å²) in [6.45, 7) is 5.81. The zero-order valence-corrected chi connectivity index (χ0v) is 19.7. The number of hydrogen-bond acceptors (Lipinski definition) is 6. The Morgan fingerprint density at radius 3 is 2.39 bits per heavy atom. The number of benzene rings is 2. The Balaban J connectivity index is 2.14. The maximum Gasteiger partial charge on any atom is 0.295 e. The van der Waals surface area contributed by atoms with E-state index >= 15 is 0 Å². The van der Waals surface area contributed by atoms with Crippen LogP contribution in [0.3, 0.4) is 0 Å². The molecule has 0 radical (unpaired) electrons. The summed E-state index contributed by atoms with van der Waals surface area (Å²) in [7, 11) is 3.81. The number of nitrogens with zero attached hydrogens (tertiary/aromatic N) is 2. The van der Waals surface area contributed by atoms with E-state index in [1.807, 2.05) is 45.0 Å². The number of aliphatic hydroxyl groups excluding tert-OH is 1. The lowest BCUT2D eigenvalue weighted by atomic mass is 9.95. The maximum atomic E-state index is 13.1. The summed E-state index contributed by atoms with van der Waals surface area (Å²) in [5.41, 5.74) is 1.24. The van der Waals surface area contributed by atoms with Gasteiger partial charge in [0.2, 0.25) is 0 Å². The number of likely N-dealkylation sites (tertiary alicyclic amines) is 1. The molecule has 1 heterocycles. The van der Waals surface area contributed by atoms with Gasteiger partial charge in [-0.1, -0.05) is 43.3 Å². The molecule has 2 aromatic rings. The van der Waals surface area contributed by atoms with Gasteiger partial charge in [-0.05, 0) is 45.1 Å². The predicted octanol–water partition coefficient (Wildman–Crippen LogP) is 3.86. The first-order valence-corrected chi connectivity index (χ1v) is 11.3. The molecule has 33 heavy (non-hydrogen) atoms. The van der Waals surface area contributed by atoms with Gasteiger partial charge < -0.3 is 24.4 Å². The van der Waals surface area contributed by atoms with Gasteiger partial charge in [-0.2, -0.15) is 0 Å². The number of carbonyl (C=O) groups is 2. The average molecular weight is 453 g/mol. The quantitative estimate of drug-likeness (QED) is 0.335. The van der Waals surface area contributed by atoms with Crippen molar-refractivity contribution in [2.24, 2.45) is 0 Å². The van der Waals surface area contributed by atoms with E-state index in [1.54, 1.807) is 36.4 Å². The summed E-state index contributed by atoms with van der Waals surface area (Å²) in [6.07, 6.45) is 0.856. The Morgan fingerprint density at radius 2 is 1.76 bits per heavy atom. The Morgan fingerprint density at radius 1 is 1.03 bits per heavy atom. The number of likely N-dealkylation sites (N-methyl/N-ethyl adjacent to an activating group) is 1. The van der Waals surface area contributed by atoms with Gasteiger partial charge in [-0.15, -0.1) is 0 Å². The van der Waals surface area contributed by atoms with Gasteiger partial charge in [-0.3, -0.25) is 9.59 Å². The van der Waals surface area contributed by atoms with Crippen molar-refractivity contribution < 1.29 is 24.2 Å². The number of Topliss-reactive ketones (excluding diaryl/α,β-unsaturated/α-hetero) is 1. The van der Waals surface area contributed by atoms with E-state index in [9.17, 15) is 14.7 Å². The van der Waals surface area contributed by atoms with Gasteiger partial charge in [0.1, 0.15) is 5.76 Å². The van der Waals surface area contributed by atoms with Gasteiger partial charge in [0.05, 0.1) is 24.8 Å². The number of ketones is 1. The zero-order chi connectivity index (χ0) is 24.0. The van der Waals surface area contributed by atoms with Crippen LogP contribution >= 0.6 is 0 Å². The Labute approximate surface area is 195 Å². The fourth-order valence-electron chi connectivity index (χ4n) is 3.81. The lowest BCUT2D eigenvalue weighted by molar-refractivity contribution is -0.140. The average Bonchev–Trinajstić information content (AvgIpc) is 3.07. The van der Waals surface area contributed by atoms with Crippen LogP contribution in [-0.4, -0.2) is 67.0 Å². The molecule has 1 N–H and O–H groups in total. The molecule has 1 saturated heterocycles. The molecule has 2 aromatic carbocycles. The van der Waals surface area contributed by atoms with Gasteiger partial charge in [-0.25, -0.2) is 0 Å². The van der Waals surface area contributed by atoms with E-state index in [-0.39, 0.29) is 11.3 Å². The number of rotatable bonds is 10. The summed E-state index contributed by atoms with van der Waals surface area (Å²) in [5, 5.41) is 11.1. The highest BCUT2D eigenvalue weighted by molar-refractivity contribution is 6.46. The van der Waals surface area contributed by atoms with Crippen molar-refractivity contribution in [3.8, 4) is 11.5 Å². The van der Waals surface area contributed by atoms with E-state index in [4.69, 9.17) is 9.47 Å². The predicted molar refractivity (Wildman–Crippen MR) is 127 cm³/mol. The summed E-state index contributed by atoms with van der Waals surface area (Å²) in [4.78, 5) is 29.6. The van der Waals surface area contributed by atoms with Gasteiger partial charge >= 0.3 is 0 Å². The van der Waals surface area contributed by atoms with Crippen molar-refractivity contribution >= 4 is 17.4 Å². The van der Waals surface area contributed by atoms with E-state index < -0.39 is 17.7 Å². The molecule has 0 bridgehead atoms. The third-order valence-corrected chi connectivity index (χ3v) is 5.42. The summed E-state index contributed by atoms with van der Waals surface area (Å²) in [6, 6.07) is 13.5. The summed E-state index contributed by atoms with van der Waals surface area (Å²) >= 11 is 0. The Bertz CT molecular complexity index is 1020. The lowest BCUT2D eigenvalue weighted by Crippen LogP contribution is -2.35.